The summed E-state index contributed by atoms with van der Waals surface area (Å²) in [5.41, 5.74) is 11.5. The minimum Gasteiger partial charge on any atom is -0.368 e. The maximum Gasteiger partial charge on any atom is 0.253 e. The summed E-state index contributed by atoms with van der Waals surface area (Å²) in [6.45, 7) is 0.592. The van der Waals surface area contributed by atoms with Gasteiger partial charge < -0.3 is 20.9 Å². The van der Waals surface area contributed by atoms with Gasteiger partial charge in [-0.3, -0.25) is 9.59 Å². The van der Waals surface area contributed by atoms with Crippen molar-refractivity contribution in [3.63, 3.8) is 0 Å². The van der Waals surface area contributed by atoms with Crippen LogP contribution < -0.4 is 16.4 Å². The van der Waals surface area contributed by atoms with Crippen LogP contribution in [0.4, 0.5) is 11.6 Å². The number of rotatable bonds is 4. The number of fused-ring (bicyclic) bond motifs is 1. The molecule has 0 unspecified atom stereocenters. The van der Waals surface area contributed by atoms with E-state index in [9.17, 15) is 9.59 Å². The molecule has 184 valence electrons. The fraction of sp³-hybridized carbons (Fsp3) is 0.143. The van der Waals surface area contributed by atoms with Crippen LogP contribution in [0.2, 0.25) is 5.02 Å². The molecule has 4 N–H and O–H groups in total. The number of amides is 2. The Kier molecular flexibility index (Phi) is 6.62. The molecule has 2 amide bonds. The average Bonchev–Trinajstić information content (AvgIpc) is 3.21. The van der Waals surface area contributed by atoms with Crippen molar-refractivity contribution in [3.05, 3.63) is 93.8 Å². The van der Waals surface area contributed by atoms with Crippen LogP contribution in [0, 0.1) is 11.8 Å². The summed E-state index contributed by atoms with van der Waals surface area (Å²) in [5.74, 6) is 6.15. The number of carbonyl (C=O) groups is 2. The highest BCUT2D eigenvalue weighted by molar-refractivity contribution is 6.30. The molecule has 0 bridgehead atoms. The highest BCUT2D eigenvalue weighted by atomic mass is 35.5. The summed E-state index contributed by atoms with van der Waals surface area (Å²) in [6.07, 6.45) is 2.51. The zero-order valence-electron chi connectivity index (χ0n) is 20.0. The second-order valence-corrected chi connectivity index (χ2v) is 9.07. The molecule has 1 aliphatic rings. The Labute approximate surface area is 218 Å². The van der Waals surface area contributed by atoms with Crippen LogP contribution in [0.1, 0.15) is 32.7 Å². The summed E-state index contributed by atoms with van der Waals surface area (Å²) in [5, 5.41) is 6.27. The van der Waals surface area contributed by atoms with Crippen LogP contribution >= 0.6 is 11.6 Å². The van der Waals surface area contributed by atoms with Crippen LogP contribution in [-0.2, 0) is 24.7 Å². The van der Waals surface area contributed by atoms with Gasteiger partial charge in [-0.15, -0.1) is 0 Å². The number of hydrogen-bond acceptors (Lipinski definition) is 5. The van der Waals surface area contributed by atoms with Crippen molar-refractivity contribution in [3.8, 4) is 23.2 Å². The Morgan fingerprint density at radius 2 is 2.03 bits per heavy atom. The van der Waals surface area contributed by atoms with Crippen LogP contribution in [0.15, 0.2) is 60.8 Å². The fourth-order valence-electron chi connectivity index (χ4n) is 4.30. The molecule has 3 heterocycles. The van der Waals surface area contributed by atoms with Gasteiger partial charge in [0.25, 0.3) is 5.91 Å². The van der Waals surface area contributed by atoms with E-state index in [0.717, 1.165) is 28.9 Å². The summed E-state index contributed by atoms with van der Waals surface area (Å²) in [7, 11) is 1.90. The quantitative estimate of drug-likeness (QED) is 0.363. The van der Waals surface area contributed by atoms with E-state index in [-0.39, 0.29) is 24.2 Å². The summed E-state index contributed by atoms with van der Waals surface area (Å²) >= 11 is 5.99. The topological polar surface area (TPSA) is 115 Å². The third kappa shape index (κ3) is 5.32. The summed E-state index contributed by atoms with van der Waals surface area (Å²) < 4.78 is 1.96. The lowest BCUT2D eigenvalue weighted by Gasteiger charge is -2.14. The number of benzene rings is 2. The average molecular weight is 511 g/mol. The van der Waals surface area contributed by atoms with Gasteiger partial charge in [-0.25, -0.2) is 9.97 Å². The van der Waals surface area contributed by atoms with Crippen LogP contribution in [-0.4, -0.2) is 32.9 Å². The molecular weight excluding hydrogens is 488 g/mol. The second kappa shape index (κ2) is 10.2. The SMILES string of the molecule is Cn1c(-c2nc(N)ncc2C#Cc2cccc(CC(=O)Nc3cccc(Cl)c3)c2)cc2c1CCNC2=O. The smallest absolute Gasteiger partial charge is 0.253 e. The van der Waals surface area contributed by atoms with Crippen molar-refractivity contribution in [2.45, 2.75) is 12.8 Å². The van der Waals surface area contributed by atoms with Crippen LogP contribution in [0.5, 0.6) is 0 Å². The van der Waals surface area contributed by atoms with Gasteiger partial charge in [0, 0.05) is 48.2 Å². The third-order valence-corrected chi connectivity index (χ3v) is 6.28. The predicted molar refractivity (Wildman–Crippen MR) is 143 cm³/mol. The Hall–Kier alpha value is -4.61. The van der Waals surface area contributed by atoms with E-state index in [0.29, 0.717) is 34.1 Å². The van der Waals surface area contributed by atoms with Crippen molar-refractivity contribution in [2.75, 3.05) is 17.6 Å². The van der Waals surface area contributed by atoms with E-state index in [1.807, 2.05) is 41.9 Å². The van der Waals surface area contributed by atoms with E-state index in [1.54, 1.807) is 30.5 Å². The van der Waals surface area contributed by atoms with E-state index >= 15 is 0 Å². The molecule has 0 saturated carbocycles. The van der Waals surface area contributed by atoms with E-state index in [1.165, 1.54) is 0 Å². The maximum atomic E-state index is 12.5. The first-order chi connectivity index (χ1) is 17.9. The molecule has 0 radical (unpaired) electrons. The van der Waals surface area contributed by atoms with Gasteiger partial charge in [-0.2, -0.15) is 0 Å². The second-order valence-electron chi connectivity index (χ2n) is 8.63. The Bertz CT molecular complexity index is 1600. The van der Waals surface area contributed by atoms with E-state index in [2.05, 4.69) is 32.4 Å². The molecule has 2 aromatic carbocycles. The zero-order chi connectivity index (χ0) is 25.9. The van der Waals surface area contributed by atoms with E-state index in [4.69, 9.17) is 17.3 Å². The molecule has 0 aliphatic carbocycles. The highest BCUT2D eigenvalue weighted by Gasteiger charge is 2.24. The van der Waals surface area contributed by atoms with Crippen molar-refractivity contribution >= 4 is 35.1 Å². The minimum atomic E-state index is -0.154. The molecule has 0 fully saturated rings. The number of nitrogens with two attached hydrogens (primary N) is 1. The van der Waals surface area contributed by atoms with Gasteiger partial charge in [0.2, 0.25) is 11.9 Å². The number of anilines is 2. The number of nitrogens with zero attached hydrogens (tertiary/aromatic N) is 3. The monoisotopic (exact) mass is 510 g/mol. The lowest BCUT2D eigenvalue weighted by atomic mass is 10.1. The standard InChI is InChI=1S/C28H23ClN6O2/c1-35-23-10-11-31-27(37)22(23)15-24(35)26-19(16-32-28(30)34-26)9-8-17-4-2-5-18(12-17)13-25(36)33-21-7-3-6-20(29)14-21/h2-7,12,14-16H,10-11,13H2,1H3,(H,31,37)(H,33,36)(H2,30,32,34). The molecule has 1 aliphatic heterocycles. The number of carbonyl (C=O) groups excluding carboxylic acids is 2. The van der Waals surface area contributed by atoms with Gasteiger partial charge >= 0.3 is 0 Å². The largest absolute Gasteiger partial charge is 0.368 e. The van der Waals surface area contributed by atoms with Crippen molar-refractivity contribution in [2.24, 2.45) is 7.05 Å². The van der Waals surface area contributed by atoms with Gasteiger partial charge in [0.05, 0.1) is 23.2 Å². The number of nitrogens with one attached hydrogen (secondary N) is 2. The molecule has 4 aromatic rings. The van der Waals surface area contributed by atoms with E-state index < -0.39 is 0 Å². The molecule has 37 heavy (non-hydrogen) atoms. The predicted octanol–water partition coefficient (Wildman–Crippen LogP) is 3.58. The van der Waals surface area contributed by atoms with Gasteiger partial charge in [0.1, 0.15) is 5.69 Å². The first kappa shape index (κ1) is 24.1. The Balaban J connectivity index is 1.40. The number of nitrogen functional groups attached to an aromatic ring is 1. The molecule has 9 heteroatoms. The number of aromatic nitrogens is 3. The molecule has 2 aromatic heterocycles. The first-order valence-electron chi connectivity index (χ1n) is 11.6. The Morgan fingerprint density at radius 3 is 2.84 bits per heavy atom. The number of halogens is 1. The summed E-state index contributed by atoms with van der Waals surface area (Å²) in [4.78, 5) is 33.4. The molecule has 0 saturated heterocycles. The first-order valence-corrected chi connectivity index (χ1v) is 12.0. The molecule has 0 atom stereocenters. The lowest BCUT2D eigenvalue weighted by molar-refractivity contribution is -0.115. The van der Waals surface area contributed by atoms with Crippen LogP contribution in [0.25, 0.3) is 11.4 Å². The summed E-state index contributed by atoms with van der Waals surface area (Å²) in [6, 6.07) is 16.3. The van der Waals surface area contributed by atoms with Crippen LogP contribution in [0.3, 0.4) is 0 Å². The number of hydrogen-bond donors (Lipinski definition) is 3. The zero-order valence-corrected chi connectivity index (χ0v) is 20.8. The van der Waals surface area contributed by atoms with Gasteiger partial charge in [-0.1, -0.05) is 41.6 Å². The van der Waals surface area contributed by atoms with Crippen molar-refractivity contribution in [1.82, 2.24) is 19.9 Å². The van der Waals surface area contributed by atoms with Crippen molar-refractivity contribution in [1.29, 1.82) is 0 Å². The normalized spacial score (nSPS) is 12.2. The highest BCUT2D eigenvalue weighted by Crippen LogP contribution is 2.28. The van der Waals surface area contributed by atoms with Gasteiger partial charge in [0.15, 0.2) is 0 Å². The molecule has 5 rings (SSSR count). The Morgan fingerprint density at radius 1 is 1.19 bits per heavy atom. The fourth-order valence-corrected chi connectivity index (χ4v) is 4.49. The molecular formula is C28H23ClN6O2. The van der Waals surface area contributed by atoms with Crippen molar-refractivity contribution < 1.29 is 9.59 Å². The third-order valence-electron chi connectivity index (χ3n) is 6.04. The lowest BCUT2D eigenvalue weighted by Crippen LogP contribution is -2.31. The minimum absolute atomic E-state index is 0.103. The maximum absolute atomic E-state index is 12.5. The van der Waals surface area contributed by atoms with Gasteiger partial charge in [-0.05, 0) is 42.0 Å². The molecule has 0 spiro atoms. The molecule has 8 nitrogen and oxygen atoms in total.